The standard InChI is InChI=1S/C14H16N4O2S/c15-10-8-4-3-6-17-13(8)21-11(10)14(20)18-7-2-1-5-9(18)12(16)19/h3-4,6,9H,1-2,5,7,15H2,(H2,16,19). The number of nitrogens with two attached hydrogens (primary N) is 2. The number of aromatic nitrogens is 1. The third kappa shape index (κ3) is 2.33. The molecular weight excluding hydrogens is 288 g/mol. The Morgan fingerprint density at radius 1 is 1.38 bits per heavy atom. The minimum Gasteiger partial charge on any atom is -0.397 e. The Labute approximate surface area is 125 Å². The highest BCUT2D eigenvalue weighted by atomic mass is 32.1. The van der Waals surface area contributed by atoms with E-state index in [-0.39, 0.29) is 5.91 Å². The molecule has 110 valence electrons. The first-order chi connectivity index (χ1) is 10.1. The van der Waals surface area contributed by atoms with E-state index in [0.29, 0.717) is 23.5 Å². The van der Waals surface area contributed by atoms with Crippen LogP contribution in [0.25, 0.3) is 10.2 Å². The molecule has 1 atom stereocenters. The second-order valence-corrected chi connectivity index (χ2v) is 6.11. The largest absolute Gasteiger partial charge is 0.397 e. The molecule has 0 aliphatic carbocycles. The molecule has 1 fully saturated rings. The smallest absolute Gasteiger partial charge is 0.266 e. The highest BCUT2D eigenvalue weighted by molar-refractivity contribution is 7.21. The fraction of sp³-hybridized carbons (Fsp3) is 0.357. The van der Waals surface area contributed by atoms with E-state index in [1.54, 1.807) is 17.2 Å². The first kappa shape index (κ1) is 13.8. The monoisotopic (exact) mass is 304 g/mol. The molecule has 21 heavy (non-hydrogen) atoms. The number of amides is 2. The fourth-order valence-electron chi connectivity index (χ4n) is 2.71. The Balaban J connectivity index is 1.99. The van der Waals surface area contributed by atoms with E-state index in [0.717, 1.165) is 23.1 Å². The van der Waals surface area contributed by atoms with Gasteiger partial charge in [0.2, 0.25) is 5.91 Å². The van der Waals surface area contributed by atoms with E-state index in [4.69, 9.17) is 11.5 Å². The topological polar surface area (TPSA) is 102 Å². The van der Waals surface area contributed by atoms with Gasteiger partial charge in [0, 0.05) is 18.1 Å². The van der Waals surface area contributed by atoms with Crippen LogP contribution in [0, 0.1) is 0 Å². The van der Waals surface area contributed by atoms with Crippen LogP contribution in [0.3, 0.4) is 0 Å². The zero-order valence-corrected chi connectivity index (χ0v) is 12.2. The van der Waals surface area contributed by atoms with Crippen molar-refractivity contribution >= 4 is 39.1 Å². The molecule has 6 nitrogen and oxygen atoms in total. The lowest BCUT2D eigenvalue weighted by atomic mass is 10.0. The molecule has 1 saturated heterocycles. The van der Waals surface area contributed by atoms with Crippen LogP contribution in [0.5, 0.6) is 0 Å². The first-order valence-corrected chi connectivity index (χ1v) is 7.64. The number of primary amides is 1. The summed E-state index contributed by atoms with van der Waals surface area (Å²) in [6.07, 6.45) is 4.06. The highest BCUT2D eigenvalue weighted by Gasteiger charge is 2.33. The predicted octanol–water partition coefficient (Wildman–Crippen LogP) is 1.36. The summed E-state index contributed by atoms with van der Waals surface area (Å²) >= 11 is 1.26. The second kappa shape index (κ2) is 5.33. The van der Waals surface area contributed by atoms with Gasteiger partial charge in [-0.05, 0) is 31.4 Å². The van der Waals surface area contributed by atoms with Crippen molar-refractivity contribution in [2.75, 3.05) is 12.3 Å². The molecule has 1 unspecified atom stereocenters. The Hall–Kier alpha value is -2.15. The zero-order chi connectivity index (χ0) is 15.0. The molecule has 0 radical (unpaired) electrons. The fourth-order valence-corrected chi connectivity index (χ4v) is 3.73. The van der Waals surface area contributed by atoms with E-state index in [2.05, 4.69) is 4.98 Å². The summed E-state index contributed by atoms with van der Waals surface area (Å²) in [5, 5.41) is 0.776. The molecule has 0 spiro atoms. The third-order valence-electron chi connectivity index (χ3n) is 3.79. The quantitative estimate of drug-likeness (QED) is 0.874. The van der Waals surface area contributed by atoms with Crippen LogP contribution in [0.1, 0.15) is 28.9 Å². The number of nitrogens with zero attached hydrogens (tertiary/aromatic N) is 2. The van der Waals surface area contributed by atoms with Crippen molar-refractivity contribution in [3.63, 3.8) is 0 Å². The molecule has 4 N–H and O–H groups in total. The predicted molar refractivity (Wildman–Crippen MR) is 81.9 cm³/mol. The van der Waals surface area contributed by atoms with Gasteiger partial charge in [-0.25, -0.2) is 4.98 Å². The molecule has 3 rings (SSSR count). The van der Waals surface area contributed by atoms with Crippen molar-refractivity contribution in [1.82, 2.24) is 9.88 Å². The highest BCUT2D eigenvalue weighted by Crippen LogP contribution is 2.34. The number of nitrogen functional groups attached to an aromatic ring is 1. The van der Waals surface area contributed by atoms with Crippen molar-refractivity contribution in [3.8, 4) is 0 Å². The van der Waals surface area contributed by atoms with Crippen molar-refractivity contribution < 1.29 is 9.59 Å². The van der Waals surface area contributed by atoms with Gasteiger partial charge in [-0.15, -0.1) is 11.3 Å². The number of rotatable bonds is 2. The number of carbonyl (C=O) groups is 2. The van der Waals surface area contributed by atoms with Gasteiger partial charge < -0.3 is 16.4 Å². The van der Waals surface area contributed by atoms with Gasteiger partial charge in [0.05, 0.1) is 5.69 Å². The van der Waals surface area contributed by atoms with Gasteiger partial charge in [0.1, 0.15) is 15.7 Å². The van der Waals surface area contributed by atoms with Crippen molar-refractivity contribution in [2.45, 2.75) is 25.3 Å². The van der Waals surface area contributed by atoms with E-state index in [9.17, 15) is 9.59 Å². The van der Waals surface area contributed by atoms with Gasteiger partial charge in [0.25, 0.3) is 5.91 Å². The molecule has 0 aromatic carbocycles. The van der Waals surface area contributed by atoms with Crippen molar-refractivity contribution in [1.29, 1.82) is 0 Å². The number of likely N-dealkylation sites (tertiary alicyclic amines) is 1. The Morgan fingerprint density at radius 2 is 2.19 bits per heavy atom. The molecule has 1 aliphatic rings. The van der Waals surface area contributed by atoms with Crippen LogP contribution in [-0.4, -0.2) is 34.3 Å². The lowest BCUT2D eigenvalue weighted by Gasteiger charge is -2.33. The molecule has 7 heteroatoms. The Morgan fingerprint density at radius 3 is 2.90 bits per heavy atom. The number of anilines is 1. The molecule has 0 saturated carbocycles. The number of hydrogen-bond acceptors (Lipinski definition) is 5. The minimum atomic E-state index is -0.538. The lowest BCUT2D eigenvalue weighted by Crippen LogP contribution is -2.50. The van der Waals surface area contributed by atoms with Gasteiger partial charge in [-0.3, -0.25) is 9.59 Å². The summed E-state index contributed by atoms with van der Waals surface area (Å²) in [7, 11) is 0. The average molecular weight is 304 g/mol. The van der Waals surface area contributed by atoms with Crippen LogP contribution in [0.4, 0.5) is 5.69 Å². The summed E-state index contributed by atoms with van der Waals surface area (Å²) in [6, 6.07) is 3.09. The molecule has 1 aliphatic heterocycles. The van der Waals surface area contributed by atoms with Gasteiger partial charge in [-0.2, -0.15) is 0 Å². The molecule has 2 aromatic heterocycles. The van der Waals surface area contributed by atoms with Crippen molar-refractivity contribution in [3.05, 3.63) is 23.2 Å². The maximum atomic E-state index is 12.7. The van der Waals surface area contributed by atoms with E-state index < -0.39 is 11.9 Å². The van der Waals surface area contributed by atoms with Crippen LogP contribution < -0.4 is 11.5 Å². The minimum absolute atomic E-state index is 0.223. The summed E-state index contributed by atoms with van der Waals surface area (Å²) in [5.41, 5.74) is 11.9. The molecule has 3 heterocycles. The zero-order valence-electron chi connectivity index (χ0n) is 11.4. The molecule has 2 amide bonds. The van der Waals surface area contributed by atoms with Crippen LogP contribution in [0.15, 0.2) is 18.3 Å². The van der Waals surface area contributed by atoms with Crippen LogP contribution in [-0.2, 0) is 4.79 Å². The van der Waals surface area contributed by atoms with E-state index >= 15 is 0 Å². The van der Waals surface area contributed by atoms with Gasteiger partial charge >= 0.3 is 0 Å². The lowest BCUT2D eigenvalue weighted by molar-refractivity contribution is -0.123. The van der Waals surface area contributed by atoms with E-state index in [1.807, 2.05) is 6.07 Å². The maximum absolute atomic E-state index is 12.7. The molecular formula is C14H16N4O2S. The number of pyridine rings is 1. The van der Waals surface area contributed by atoms with Gasteiger partial charge in [-0.1, -0.05) is 0 Å². The number of hydrogen-bond donors (Lipinski definition) is 2. The van der Waals surface area contributed by atoms with Crippen LogP contribution >= 0.6 is 11.3 Å². The number of carbonyl (C=O) groups excluding carboxylic acids is 2. The van der Waals surface area contributed by atoms with Crippen LogP contribution in [0.2, 0.25) is 0 Å². The summed E-state index contributed by atoms with van der Waals surface area (Å²) in [5.74, 6) is -0.681. The summed E-state index contributed by atoms with van der Waals surface area (Å²) in [4.78, 5) is 31.2. The molecule has 2 aromatic rings. The number of thiophene rings is 1. The van der Waals surface area contributed by atoms with E-state index in [1.165, 1.54) is 11.3 Å². The Kier molecular flexibility index (Phi) is 3.50. The second-order valence-electron chi connectivity index (χ2n) is 5.11. The number of fused-ring (bicyclic) bond motifs is 1. The summed E-state index contributed by atoms with van der Waals surface area (Å²) in [6.45, 7) is 0.535. The third-order valence-corrected chi connectivity index (χ3v) is 4.91. The number of piperidine rings is 1. The summed E-state index contributed by atoms with van der Waals surface area (Å²) < 4.78 is 0. The Bertz CT molecular complexity index is 712. The van der Waals surface area contributed by atoms with Crippen molar-refractivity contribution in [2.24, 2.45) is 5.73 Å². The molecule has 0 bridgehead atoms. The average Bonchev–Trinajstić information content (AvgIpc) is 2.84. The SMILES string of the molecule is NC(=O)C1CCCCN1C(=O)c1sc2ncccc2c1N. The normalized spacial score (nSPS) is 18.9. The maximum Gasteiger partial charge on any atom is 0.266 e. The first-order valence-electron chi connectivity index (χ1n) is 6.83. The van der Waals surface area contributed by atoms with Gasteiger partial charge in [0.15, 0.2) is 0 Å².